The van der Waals surface area contributed by atoms with E-state index in [1.54, 1.807) is 0 Å². The summed E-state index contributed by atoms with van der Waals surface area (Å²) in [6.45, 7) is 3.42. The van der Waals surface area contributed by atoms with Gasteiger partial charge in [-0.25, -0.2) is 4.98 Å². The number of amides is 2. The van der Waals surface area contributed by atoms with Crippen molar-refractivity contribution in [1.82, 2.24) is 20.2 Å². The van der Waals surface area contributed by atoms with Gasteiger partial charge in [0.05, 0.1) is 25.6 Å². The van der Waals surface area contributed by atoms with Gasteiger partial charge >= 0.3 is 0 Å². The summed E-state index contributed by atoms with van der Waals surface area (Å²) >= 11 is 5.75. The number of rotatable bonds is 4. The van der Waals surface area contributed by atoms with Crippen LogP contribution in [0.25, 0.3) is 0 Å². The summed E-state index contributed by atoms with van der Waals surface area (Å²) in [5, 5.41) is 2.91. The van der Waals surface area contributed by atoms with Crippen LogP contribution in [-0.2, 0) is 9.53 Å². The molecule has 2 heterocycles. The van der Waals surface area contributed by atoms with E-state index in [4.69, 9.17) is 16.3 Å². The number of ether oxygens (including phenoxy) is 1. The van der Waals surface area contributed by atoms with Crippen molar-refractivity contribution in [1.29, 1.82) is 0 Å². The average molecular weight is 313 g/mol. The minimum Gasteiger partial charge on any atom is -0.377 e. The van der Waals surface area contributed by atoms with Crippen LogP contribution in [0.3, 0.4) is 0 Å². The molecule has 8 heteroatoms. The predicted molar refractivity (Wildman–Crippen MR) is 76.0 cm³/mol. The van der Waals surface area contributed by atoms with Gasteiger partial charge in [-0.05, 0) is 6.42 Å². The largest absolute Gasteiger partial charge is 0.377 e. The lowest BCUT2D eigenvalue weighted by Gasteiger charge is -2.34. The standard InChI is InChI=1S/C13H17ClN4O3/c1-2-3-16-12(19)10-8-21-5-4-18(10)13(20)9-6-15-7-11(14)17-9/h6-7,10H,2-5,8H2,1H3,(H,16,19). The Kier molecular flexibility index (Phi) is 5.46. The zero-order valence-corrected chi connectivity index (χ0v) is 12.5. The lowest BCUT2D eigenvalue weighted by molar-refractivity contribution is -0.130. The number of carbonyl (C=O) groups excluding carboxylic acids is 2. The van der Waals surface area contributed by atoms with Crippen molar-refractivity contribution < 1.29 is 14.3 Å². The molecule has 1 aliphatic rings. The molecule has 2 amide bonds. The van der Waals surface area contributed by atoms with Crippen LogP contribution in [0.2, 0.25) is 5.15 Å². The van der Waals surface area contributed by atoms with Gasteiger partial charge in [0.15, 0.2) is 0 Å². The Hall–Kier alpha value is -1.73. The van der Waals surface area contributed by atoms with Crippen LogP contribution in [-0.4, -0.2) is 59.0 Å². The van der Waals surface area contributed by atoms with E-state index in [0.717, 1.165) is 6.42 Å². The highest BCUT2D eigenvalue weighted by Gasteiger charge is 2.33. The Morgan fingerprint density at radius 2 is 2.33 bits per heavy atom. The van der Waals surface area contributed by atoms with E-state index < -0.39 is 6.04 Å². The third-order valence-electron chi connectivity index (χ3n) is 3.07. The molecule has 1 aromatic heterocycles. The zero-order chi connectivity index (χ0) is 15.2. The van der Waals surface area contributed by atoms with Crippen molar-refractivity contribution in [3.05, 3.63) is 23.2 Å². The van der Waals surface area contributed by atoms with Gasteiger partial charge in [0.1, 0.15) is 16.9 Å². The summed E-state index contributed by atoms with van der Waals surface area (Å²) < 4.78 is 5.31. The number of morpholine rings is 1. The SMILES string of the molecule is CCCNC(=O)C1COCCN1C(=O)c1cncc(Cl)n1. The fourth-order valence-corrected chi connectivity index (χ4v) is 2.17. The van der Waals surface area contributed by atoms with Gasteiger partial charge in [-0.1, -0.05) is 18.5 Å². The lowest BCUT2D eigenvalue weighted by Crippen LogP contribution is -2.56. The molecule has 0 saturated carbocycles. The first kappa shape index (κ1) is 15.7. The predicted octanol–water partition coefficient (Wildman–Crippen LogP) is 0.497. The van der Waals surface area contributed by atoms with Gasteiger partial charge < -0.3 is 15.0 Å². The van der Waals surface area contributed by atoms with E-state index in [2.05, 4.69) is 15.3 Å². The Balaban J connectivity index is 2.14. The molecule has 114 valence electrons. The maximum Gasteiger partial charge on any atom is 0.274 e. The molecule has 1 atom stereocenters. The van der Waals surface area contributed by atoms with Crippen molar-refractivity contribution in [3.8, 4) is 0 Å². The van der Waals surface area contributed by atoms with Crippen molar-refractivity contribution in [2.75, 3.05) is 26.3 Å². The minimum atomic E-state index is -0.654. The Morgan fingerprint density at radius 3 is 3.05 bits per heavy atom. The molecule has 1 fully saturated rings. The molecule has 1 unspecified atom stereocenters. The zero-order valence-electron chi connectivity index (χ0n) is 11.7. The number of hydrogen-bond acceptors (Lipinski definition) is 5. The van der Waals surface area contributed by atoms with Crippen LogP contribution in [0, 0.1) is 0 Å². The Bertz CT molecular complexity index is 526. The highest BCUT2D eigenvalue weighted by molar-refractivity contribution is 6.29. The molecular weight excluding hydrogens is 296 g/mol. The molecule has 1 N–H and O–H groups in total. The van der Waals surface area contributed by atoms with E-state index >= 15 is 0 Å². The molecule has 0 spiro atoms. The van der Waals surface area contributed by atoms with E-state index in [0.29, 0.717) is 19.7 Å². The first-order valence-corrected chi connectivity index (χ1v) is 7.15. The van der Waals surface area contributed by atoms with Gasteiger partial charge in [-0.15, -0.1) is 0 Å². The van der Waals surface area contributed by atoms with E-state index in [9.17, 15) is 9.59 Å². The smallest absolute Gasteiger partial charge is 0.274 e. The van der Waals surface area contributed by atoms with Crippen molar-refractivity contribution >= 4 is 23.4 Å². The number of carbonyl (C=O) groups is 2. The van der Waals surface area contributed by atoms with Crippen LogP contribution in [0.4, 0.5) is 0 Å². The van der Waals surface area contributed by atoms with Gasteiger partial charge in [-0.3, -0.25) is 14.6 Å². The first-order valence-electron chi connectivity index (χ1n) is 6.77. The molecule has 0 radical (unpaired) electrons. The number of nitrogens with one attached hydrogen (secondary N) is 1. The average Bonchev–Trinajstić information content (AvgIpc) is 2.52. The van der Waals surface area contributed by atoms with E-state index in [-0.39, 0.29) is 29.3 Å². The number of aromatic nitrogens is 2. The highest BCUT2D eigenvalue weighted by atomic mass is 35.5. The third kappa shape index (κ3) is 3.89. The van der Waals surface area contributed by atoms with Crippen LogP contribution in [0.15, 0.2) is 12.4 Å². The number of hydrogen-bond donors (Lipinski definition) is 1. The summed E-state index contributed by atoms with van der Waals surface area (Å²) in [6.07, 6.45) is 3.51. The minimum absolute atomic E-state index is 0.123. The molecule has 1 saturated heterocycles. The Morgan fingerprint density at radius 1 is 1.52 bits per heavy atom. The second-order valence-electron chi connectivity index (χ2n) is 4.61. The van der Waals surface area contributed by atoms with E-state index in [1.807, 2.05) is 6.92 Å². The molecule has 0 aliphatic carbocycles. The third-order valence-corrected chi connectivity index (χ3v) is 3.25. The summed E-state index contributed by atoms with van der Waals surface area (Å²) in [6, 6.07) is -0.654. The second-order valence-corrected chi connectivity index (χ2v) is 4.99. The molecule has 1 aliphatic heterocycles. The fourth-order valence-electron chi connectivity index (χ4n) is 2.02. The van der Waals surface area contributed by atoms with Crippen molar-refractivity contribution in [2.45, 2.75) is 19.4 Å². The number of halogens is 1. The summed E-state index contributed by atoms with van der Waals surface area (Å²) in [5.74, 6) is -0.593. The fraction of sp³-hybridized carbons (Fsp3) is 0.538. The van der Waals surface area contributed by atoms with Gasteiger partial charge in [-0.2, -0.15) is 0 Å². The monoisotopic (exact) mass is 312 g/mol. The quantitative estimate of drug-likeness (QED) is 0.875. The van der Waals surface area contributed by atoms with Crippen molar-refractivity contribution in [2.24, 2.45) is 0 Å². The molecule has 7 nitrogen and oxygen atoms in total. The van der Waals surface area contributed by atoms with Gasteiger partial charge in [0.2, 0.25) is 5.91 Å². The first-order chi connectivity index (χ1) is 10.1. The summed E-state index contributed by atoms with van der Waals surface area (Å²) in [4.78, 5) is 33.8. The molecule has 1 aromatic rings. The molecule has 0 bridgehead atoms. The summed E-state index contributed by atoms with van der Waals surface area (Å²) in [5.41, 5.74) is 0.123. The molecule has 21 heavy (non-hydrogen) atoms. The topological polar surface area (TPSA) is 84.4 Å². The van der Waals surface area contributed by atoms with Gasteiger partial charge in [0.25, 0.3) is 5.91 Å². The number of nitrogens with zero attached hydrogens (tertiary/aromatic N) is 3. The Labute approximate surface area is 127 Å². The van der Waals surface area contributed by atoms with Crippen LogP contribution >= 0.6 is 11.6 Å². The highest BCUT2D eigenvalue weighted by Crippen LogP contribution is 2.12. The maximum atomic E-state index is 12.5. The van der Waals surface area contributed by atoms with Crippen LogP contribution in [0.5, 0.6) is 0 Å². The lowest BCUT2D eigenvalue weighted by atomic mass is 10.2. The van der Waals surface area contributed by atoms with E-state index in [1.165, 1.54) is 17.3 Å². The van der Waals surface area contributed by atoms with Gasteiger partial charge in [0, 0.05) is 13.1 Å². The van der Waals surface area contributed by atoms with Crippen LogP contribution < -0.4 is 5.32 Å². The summed E-state index contributed by atoms with van der Waals surface area (Å²) in [7, 11) is 0. The second kappa shape index (κ2) is 7.33. The normalized spacial score (nSPS) is 18.4. The van der Waals surface area contributed by atoms with Crippen LogP contribution in [0.1, 0.15) is 23.8 Å². The molecule has 0 aromatic carbocycles. The van der Waals surface area contributed by atoms with Crippen molar-refractivity contribution in [3.63, 3.8) is 0 Å². The maximum absolute atomic E-state index is 12.5. The molecular formula is C13H17ClN4O3. The molecule has 2 rings (SSSR count).